The van der Waals surface area contributed by atoms with Gasteiger partial charge in [0.15, 0.2) is 0 Å². The van der Waals surface area contributed by atoms with Crippen molar-refractivity contribution in [3.8, 4) is 0 Å². The molecule has 0 N–H and O–H groups in total. The van der Waals surface area contributed by atoms with Gasteiger partial charge < -0.3 is 4.74 Å². The van der Waals surface area contributed by atoms with Crippen molar-refractivity contribution in [2.45, 2.75) is 239 Å². The summed E-state index contributed by atoms with van der Waals surface area (Å²) >= 11 is 0. The largest absolute Gasteiger partial charge is 0.381 e. The maximum Gasteiger partial charge on any atom is 0.0466 e. The third kappa shape index (κ3) is 38.0. The van der Waals surface area contributed by atoms with Gasteiger partial charge in [-0.1, -0.05) is 226 Å². The highest BCUT2D eigenvalue weighted by Crippen LogP contribution is 2.16. The Bertz CT molecular complexity index is 368. The Labute approximate surface area is 256 Å². The molecule has 0 spiro atoms. The lowest BCUT2D eigenvalue weighted by Gasteiger charge is -2.05. The molecule has 0 aromatic rings. The van der Waals surface area contributed by atoms with Crippen molar-refractivity contribution in [3.05, 3.63) is 0 Å². The Morgan fingerprint density at radius 1 is 0.200 bits per heavy atom. The fourth-order valence-electron chi connectivity index (χ4n) is 6.14. The Morgan fingerprint density at radius 3 is 0.575 bits per heavy atom. The molecule has 0 rings (SSSR count). The van der Waals surface area contributed by atoms with Gasteiger partial charge in [0, 0.05) is 13.2 Å². The van der Waals surface area contributed by atoms with Crippen LogP contribution in [0.3, 0.4) is 0 Å². The van der Waals surface area contributed by atoms with Crippen molar-refractivity contribution in [2.24, 2.45) is 0 Å². The van der Waals surface area contributed by atoms with Gasteiger partial charge in [-0.2, -0.15) is 0 Å². The summed E-state index contributed by atoms with van der Waals surface area (Å²) in [5.41, 5.74) is 0. The molecule has 0 atom stereocenters. The fraction of sp³-hybridized carbons (Fsp3) is 1.00. The lowest BCUT2D eigenvalue weighted by Crippen LogP contribution is -1.96. The van der Waals surface area contributed by atoms with E-state index in [1.165, 1.54) is 225 Å². The molecule has 242 valence electrons. The molecule has 0 saturated carbocycles. The predicted octanol–water partition coefficient (Wildman–Crippen LogP) is 14.7. The second-order valence-corrected chi connectivity index (χ2v) is 13.3. The van der Waals surface area contributed by atoms with E-state index in [2.05, 4.69) is 13.8 Å². The quantitative estimate of drug-likeness (QED) is 0.0682. The Hall–Kier alpha value is -0.0400. The van der Waals surface area contributed by atoms with Crippen LogP contribution in [0.25, 0.3) is 0 Å². The highest BCUT2D eigenvalue weighted by atomic mass is 16.5. The molecule has 0 aromatic carbocycles. The van der Waals surface area contributed by atoms with Gasteiger partial charge in [0.1, 0.15) is 0 Å². The zero-order chi connectivity index (χ0) is 28.9. The first-order valence-electron chi connectivity index (χ1n) is 19.5. The average molecular weight is 565 g/mol. The second kappa shape index (κ2) is 39.0. The van der Waals surface area contributed by atoms with Gasteiger partial charge >= 0.3 is 0 Å². The van der Waals surface area contributed by atoms with Crippen LogP contribution in [0.1, 0.15) is 239 Å². The maximum atomic E-state index is 5.70. The number of ether oxygens (including phenoxy) is 1. The third-order valence-electron chi connectivity index (χ3n) is 9.03. The molecule has 0 fully saturated rings. The normalized spacial score (nSPS) is 11.6. The lowest BCUT2D eigenvalue weighted by atomic mass is 10.0. The van der Waals surface area contributed by atoms with Crippen LogP contribution in [0.4, 0.5) is 0 Å². The van der Waals surface area contributed by atoms with Gasteiger partial charge in [0.25, 0.3) is 0 Å². The Morgan fingerprint density at radius 2 is 0.350 bits per heavy atom. The number of hydrogen-bond acceptors (Lipinski definition) is 1. The van der Waals surface area contributed by atoms with Gasteiger partial charge in [0.2, 0.25) is 0 Å². The summed E-state index contributed by atoms with van der Waals surface area (Å²) in [6.45, 7) is 6.53. The average Bonchev–Trinajstić information content (AvgIpc) is 2.97. The first-order chi connectivity index (χ1) is 19.9. The topological polar surface area (TPSA) is 9.23 Å². The molecule has 0 saturated heterocycles. The molecule has 0 aliphatic heterocycles. The molecular formula is C39H80O. The summed E-state index contributed by atoms with van der Waals surface area (Å²) in [6, 6.07) is 0. The molecular weight excluding hydrogens is 484 g/mol. The molecule has 0 amide bonds. The van der Waals surface area contributed by atoms with E-state index in [0.717, 1.165) is 13.2 Å². The summed E-state index contributed by atoms with van der Waals surface area (Å²) in [7, 11) is 0. The summed E-state index contributed by atoms with van der Waals surface area (Å²) in [4.78, 5) is 0. The van der Waals surface area contributed by atoms with Crippen LogP contribution in [0.5, 0.6) is 0 Å². The van der Waals surface area contributed by atoms with E-state index in [9.17, 15) is 0 Å². The minimum Gasteiger partial charge on any atom is -0.381 e. The smallest absolute Gasteiger partial charge is 0.0466 e. The van der Waals surface area contributed by atoms with E-state index in [0.29, 0.717) is 0 Å². The second-order valence-electron chi connectivity index (χ2n) is 13.3. The first kappa shape index (κ1) is 40.0. The standard InChI is InChI=1S/C39H80O/c1-3-5-7-8-9-10-11-12-13-14-15-16-17-18-19-20-21-22-23-24-25-26-27-28-29-30-31-32-33-34-35-37-39-40-38-36-6-4-2/h3-39H2,1-2H3. The highest BCUT2D eigenvalue weighted by Gasteiger charge is 1.97. The summed E-state index contributed by atoms with van der Waals surface area (Å²) in [6.07, 6.45) is 50.8. The van der Waals surface area contributed by atoms with Gasteiger partial charge in [0.05, 0.1) is 0 Å². The van der Waals surface area contributed by atoms with Gasteiger partial charge in [-0.3, -0.25) is 0 Å². The van der Waals surface area contributed by atoms with Gasteiger partial charge in [-0.25, -0.2) is 0 Å². The minimum atomic E-state index is 0.980. The zero-order valence-electron chi connectivity index (χ0n) is 28.6. The van der Waals surface area contributed by atoms with E-state index < -0.39 is 0 Å². The van der Waals surface area contributed by atoms with Crippen molar-refractivity contribution >= 4 is 0 Å². The molecule has 0 aliphatic carbocycles. The van der Waals surface area contributed by atoms with Gasteiger partial charge in [-0.15, -0.1) is 0 Å². The molecule has 1 nitrogen and oxygen atoms in total. The van der Waals surface area contributed by atoms with Crippen LogP contribution >= 0.6 is 0 Å². The van der Waals surface area contributed by atoms with Gasteiger partial charge in [-0.05, 0) is 12.8 Å². The van der Waals surface area contributed by atoms with Crippen LogP contribution in [-0.2, 0) is 4.74 Å². The third-order valence-corrected chi connectivity index (χ3v) is 9.03. The number of rotatable bonds is 37. The molecule has 1 heteroatoms. The SMILES string of the molecule is CCCCCCCCCCCCCCCCCCCCCCCCCCCCCCCCCCOCCCCC. The highest BCUT2D eigenvalue weighted by molar-refractivity contribution is 4.53. The summed E-state index contributed by atoms with van der Waals surface area (Å²) in [5, 5.41) is 0. The van der Waals surface area contributed by atoms with Crippen molar-refractivity contribution in [1.82, 2.24) is 0 Å². The first-order valence-corrected chi connectivity index (χ1v) is 19.5. The van der Waals surface area contributed by atoms with E-state index in [1.54, 1.807) is 0 Å². The zero-order valence-corrected chi connectivity index (χ0v) is 28.6. The van der Waals surface area contributed by atoms with E-state index >= 15 is 0 Å². The van der Waals surface area contributed by atoms with Crippen LogP contribution in [0.2, 0.25) is 0 Å². The molecule has 0 bridgehead atoms. The van der Waals surface area contributed by atoms with Crippen molar-refractivity contribution < 1.29 is 4.74 Å². The molecule has 0 heterocycles. The molecule has 0 unspecified atom stereocenters. The van der Waals surface area contributed by atoms with Crippen LogP contribution in [0, 0.1) is 0 Å². The lowest BCUT2D eigenvalue weighted by molar-refractivity contribution is 0.126. The Balaban J connectivity index is 3.01. The number of hydrogen-bond donors (Lipinski definition) is 0. The molecule has 40 heavy (non-hydrogen) atoms. The van der Waals surface area contributed by atoms with E-state index in [1.807, 2.05) is 0 Å². The molecule has 0 radical (unpaired) electrons. The fourth-order valence-corrected chi connectivity index (χ4v) is 6.14. The molecule has 0 aromatic heterocycles. The Kier molecular flexibility index (Phi) is 38.9. The van der Waals surface area contributed by atoms with Crippen molar-refractivity contribution in [3.63, 3.8) is 0 Å². The van der Waals surface area contributed by atoms with E-state index in [4.69, 9.17) is 4.74 Å². The predicted molar refractivity (Wildman–Crippen MR) is 184 cm³/mol. The minimum absolute atomic E-state index is 0.980. The van der Waals surface area contributed by atoms with E-state index in [-0.39, 0.29) is 0 Å². The number of unbranched alkanes of at least 4 members (excludes halogenated alkanes) is 33. The summed E-state index contributed by atoms with van der Waals surface area (Å²) in [5.74, 6) is 0. The van der Waals surface area contributed by atoms with Crippen molar-refractivity contribution in [2.75, 3.05) is 13.2 Å². The maximum absolute atomic E-state index is 5.70. The monoisotopic (exact) mass is 565 g/mol. The van der Waals surface area contributed by atoms with Crippen molar-refractivity contribution in [1.29, 1.82) is 0 Å². The summed E-state index contributed by atoms with van der Waals surface area (Å²) < 4.78 is 5.70. The molecule has 0 aliphatic rings. The van der Waals surface area contributed by atoms with Crippen LogP contribution in [0.15, 0.2) is 0 Å². The van der Waals surface area contributed by atoms with Crippen LogP contribution in [-0.4, -0.2) is 13.2 Å². The van der Waals surface area contributed by atoms with Crippen LogP contribution < -0.4 is 0 Å².